The summed E-state index contributed by atoms with van der Waals surface area (Å²) in [4.78, 5) is 0. The van der Waals surface area contributed by atoms with Crippen LogP contribution < -0.4 is 0 Å². The summed E-state index contributed by atoms with van der Waals surface area (Å²) in [5.74, 6) is 0. The molecule has 0 aliphatic rings. The molecule has 0 saturated heterocycles. The largest absolute Gasteiger partial charge is 0.590 e. The highest BCUT2D eigenvalue weighted by Crippen LogP contribution is 2.44. The summed E-state index contributed by atoms with van der Waals surface area (Å²) in [6.07, 6.45) is 0. The van der Waals surface area contributed by atoms with Crippen molar-refractivity contribution in [2.75, 3.05) is 0 Å². The van der Waals surface area contributed by atoms with Crippen molar-refractivity contribution in [3.8, 4) is 0 Å². The minimum Gasteiger partial charge on any atom is -0.590 e. The molecule has 0 aliphatic carbocycles. The topological polar surface area (TPSA) is 23.1 Å². The van der Waals surface area contributed by atoms with Gasteiger partial charge in [-0.2, -0.15) is 0 Å². The van der Waals surface area contributed by atoms with E-state index in [0.29, 0.717) is 0 Å². The number of fused-ring (bicyclic) bond motifs is 5. The summed E-state index contributed by atoms with van der Waals surface area (Å²) in [7, 11) is -1.05. The SMILES string of the molecule is Cc1ccc2c3c4ccccc4c(C)cc3[s+]([O-])c2c1. The predicted octanol–water partition coefficient (Wildman–Crippen LogP) is 5.49. The van der Waals surface area contributed by atoms with E-state index in [0.717, 1.165) is 25.7 Å². The van der Waals surface area contributed by atoms with Gasteiger partial charge < -0.3 is 4.55 Å². The van der Waals surface area contributed by atoms with Crippen molar-refractivity contribution in [2.45, 2.75) is 13.8 Å². The van der Waals surface area contributed by atoms with E-state index in [1.807, 2.05) is 6.92 Å². The standard InChI is InChI=1S/C18H14OS/c1-11-7-8-15-16(9-11)20(19)17-10-12(2)13-5-3-4-6-14(13)18(15)17/h3-10H,1-2H3. The summed E-state index contributed by atoms with van der Waals surface area (Å²) < 4.78 is 14.7. The van der Waals surface area contributed by atoms with Crippen LogP contribution in [0.2, 0.25) is 0 Å². The Bertz CT molecular complexity index is 979. The molecule has 20 heavy (non-hydrogen) atoms. The van der Waals surface area contributed by atoms with Crippen molar-refractivity contribution in [3.63, 3.8) is 0 Å². The molecule has 1 atom stereocenters. The van der Waals surface area contributed by atoms with Gasteiger partial charge in [0, 0.05) is 17.5 Å². The summed E-state index contributed by atoms with van der Waals surface area (Å²) >= 11 is 0. The highest BCUT2D eigenvalue weighted by molar-refractivity contribution is 7.37. The average molecular weight is 278 g/mol. The van der Waals surface area contributed by atoms with Crippen LogP contribution in [-0.4, -0.2) is 4.55 Å². The van der Waals surface area contributed by atoms with E-state index in [1.54, 1.807) is 0 Å². The number of benzene rings is 3. The van der Waals surface area contributed by atoms with Crippen LogP contribution in [0.5, 0.6) is 0 Å². The first kappa shape index (κ1) is 11.9. The Labute approximate surface area is 120 Å². The van der Waals surface area contributed by atoms with E-state index >= 15 is 0 Å². The molecule has 4 rings (SSSR count). The first-order chi connectivity index (χ1) is 9.66. The average Bonchev–Trinajstić information content (AvgIpc) is 2.73. The third-order valence-corrected chi connectivity index (χ3v) is 5.48. The monoisotopic (exact) mass is 278 g/mol. The molecule has 2 heteroatoms. The number of hydrogen-bond donors (Lipinski definition) is 0. The number of rotatable bonds is 0. The fraction of sp³-hybridized carbons (Fsp3) is 0.111. The fourth-order valence-electron chi connectivity index (χ4n) is 3.06. The molecular formula is C18H14OS. The van der Waals surface area contributed by atoms with Gasteiger partial charge in [-0.25, -0.2) is 0 Å². The number of thiophene rings is 1. The lowest BCUT2D eigenvalue weighted by Crippen LogP contribution is -1.79. The highest BCUT2D eigenvalue weighted by Gasteiger charge is 2.18. The van der Waals surface area contributed by atoms with Gasteiger partial charge in [0.2, 0.25) is 0 Å². The molecule has 0 radical (unpaired) electrons. The predicted molar refractivity (Wildman–Crippen MR) is 87.1 cm³/mol. The van der Waals surface area contributed by atoms with E-state index in [2.05, 4.69) is 55.5 Å². The molecular weight excluding hydrogens is 264 g/mol. The molecule has 0 bridgehead atoms. The normalized spacial score (nSPS) is 12.7. The van der Waals surface area contributed by atoms with Gasteiger partial charge >= 0.3 is 0 Å². The second-order valence-electron chi connectivity index (χ2n) is 5.38. The van der Waals surface area contributed by atoms with Crippen LogP contribution >= 0.6 is 10.8 Å². The molecule has 0 spiro atoms. The molecule has 3 aromatic carbocycles. The second kappa shape index (κ2) is 4.05. The van der Waals surface area contributed by atoms with E-state index in [-0.39, 0.29) is 0 Å². The van der Waals surface area contributed by atoms with Gasteiger partial charge in [0.1, 0.15) is 0 Å². The maximum Gasteiger partial charge on any atom is 0.181 e. The molecule has 0 aliphatic heterocycles. The summed E-state index contributed by atoms with van der Waals surface area (Å²) in [5, 5.41) is 4.73. The molecule has 0 saturated carbocycles. The third kappa shape index (κ3) is 1.46. The second-order valence-corrected chi connectivity index (χ2v) is 6.80. The quantitative estimate of drug-likeness (QED) is 0.390. The number of aryl methyl sites for hydroxylation is 2. The molecule has 0 N–H and O–H groups in total. The van der Waals surface area contributed by atoms with Crippen LogP contribution in [0, 0.1) is 13.8 Å². The fourth-order valence-corrected chi connectivity index (χ4v) is 4.65. The van der Waals surface area contributed by atoms with Crippen molar-refractivity contribution < 1.29 is 4.55 Å². The van der Waals surface area contributed by atoms with Crippen molar-refractivity contribution in [1.82, 2.24) is 0 Å². The van der Waals surface area contributed by atoms with Gasteiger partial charge in [-0.05, 0) is 52.6 Å². The van der Waals surface area contributed by atoms with Crippen LogP contribution in [0.3, 0.4) is 0 Å². The first-order valence-electron chi connectivity index (χ1n) is 6.72. The Kier molecular flexibility index (Phi) is 2.40. The van der Waals surface area contributed by atoms with Gasteiger partial charge in [0.05, 0.1) is 5.39 Å². The van der Waals surface area contributed by atoms with Crippen LogP contribution in [0.4, 0.5) is 0 Å². The van der Waals surface area contributed by atoms with E-state index in [9.17, 15) is 4.55 Å². The third-order valence-electron chi connectivity index (χ3n) is 4.02. The highest BCUT2D eigenvalue weighted by atomic mass is 32.2. The van der Waals surface area contributed by atoms with Gasteiger partial charge in [0.15, 0.2) is 9.40 Å². The minimum absolute atomic E-state index is 0.954. The van der Waals surface area contributed by atoms with Crippen molar-refractivity contribution in [2.24, 2.45) is 0 Å². The Morgan fingerprint density at radius 2 is 1.55 bits per heavy atom. The zero-order valence-corrected chi connectivity index (χ0v) is 12.3. The van der Waals surface area contributed by atoms with E-state index in [4.69, 9.17) is 0 Å². The molecule has 1 nitrogen and oxygen atoms in total. The summed E-state index contributed by atoms with van der Waals surface area (Å²) in [6, 6.07) is 16.7. The van der Waals surface area contributed by atoms with Crippen molar-refractivity contribution >= 4 is 41.7 Å². The van der Waals surface area contributed by atoms with Crippen molar-refractivity contribution in [3.05, 3.63) is 59.7 Å². The molecule has 1 heterocycles. The summed E-state index contributed by atoms with van der Waals surface area (Å²) in [5.41, 5.74) is 2.35. The zero-order chi connectivity index (χ0) is 13.9. The zero-order valence-electron chi connectivity index (χ0n) is 11.4. The molecule has 98 valence electrons. The van der Waals surface area contributed by atoms with Crippen LogP contribution in [0.1, 0.15) is 11.1 Å². The van der Waals surface area contributed by atoms with Crippen molar-refractivity contribution in [1.29, 1.82) is 0 Å². The first-order valence-corrected chi connectivity index (χ1v) is 7.87. The molecule has 4 aromatic rings. The van der Waals surface area contributed by atoms with Crippen LogP contribution in [0.25, 0.3) is 30.9 Å². The van der Waals surface area contributed by atoms with Gasteiger partial charge in [0.25, 0.3) is 0 Å². The van der Waals surface area contributed by atoms with Gasteiger partial charge in [-0.15, -0.1) is 0 Å². The molecule has 0 fully saturated rings. The Morgan fingerprint density at radius 1 is 0.800 bits per heavy atom. The van der Waals surface area contributed by atoms with Gasteiger partial charge in [-0.1, -0.05) is 30.3 Å². The molecule has 1 unspecified atom stereocenters. The lowest BCUT2D eigenvalue weighted by molar-refractivity contribution is 0.602. The van der Waals surface area contributed by atoms with E-state index in [1.165, 1.54) is 16.3 Å². The van der Waals surface area contributed by atoms with Crippen LogP contribution in [0.15, 0.2) is 48.5 Å². The minimum atomic E-state index is -1.05. The van der Waals surface area contributed by atoms with Crippen LogP contribution in [-0.2, 0) is 0 Å². The Morgan fingerprint density at radius 3 is 2.35 bits per heavy atom. The lowest BCUT2D eigenvalue weighted by atomic mass is 10.00. The molecule has 1 aromatic heterocycles. The summed E-state index contributed by atoms with van der Waals surface area (Å²) in [6.45, 7) is 4.14. The Hall–Kier alpha value is -1.90. The van der Waals surface area contributed by atoms with E-state index < -0.39 is 10.8 Å². The smallest absolute Gasteiger partial charge is 0.181 e. The Balaban J connectivity index is 2.39. The maximum atomic E-state index is 12.7. The molecule has 0 amide bonds. The maximum absolute atomic E-state index is 12.7. The lowest BCUT2D eigenvalue weighted by Gasteiger charge is -2.02. The number of hydrogen-bond acceptors (Lipinski definition) is 1. The van der Waals surface area contributed by atoms with Gasteiger partial charge in [-0.3, -0.25) is 0 Å².